The van der Waals surface area contributed by atoms with Gasteiger partial charge < -0.3 is 16.0 Å². The Kier molecular flexibility index (Phi) is 6.27. The molecule has 0 aromatic heterocycles. The molecule has 1 rings (SSSR count). The molecule has 0 radical (unpaired) electrons. The molecule has 1 aliphatic rings. The maximum absolute atomic E-state index is 12.0. The van der Waals surface area contributed by atoms with E-state index in [1.165, 1.54) is 0 Å². The highest BCUT2D eigenvalue weighted by Gasteiger charge is 2.46. The minimum atomic E-state index is -0.451. The number of nitrogens with one attached hydrogen (secondary N) is 1. The zero-order valence-corrected chi connectivity index (χ0v) is 13.0. The number of nitrogens with two attached hydrogens (primary N) is 1. The highest BCUT2D eigenvalue weighted by Crippen LogP contribution is 2.38. The summed E-state index contributed by atoms with van der Waals surface area (Å²) in [7, 11) is 2.14. The van der Waals surface area contributed by atoms with E-state index in [9.17, 15) is 4.79 Å². The molecule has 0 saturated heterocycles. The number of hydrogen-bond donors (Lipinski definition) is 2. The van der Waals surface area contributed by atoms with Crippen LogP contribution in [0.3, 0.4) is 0 Å². The zero-order valence-electron chi connectivity index (χ0n) is 13.0. The summed E-state index contributed by atoms with van der Waals surface area (Å²) in [6, 6.07) is 0.549. The summed E-state index contributed by atoms with van der Waals surface area (Å²) in [6.45, 7) is 8.43. The highest BCUT2D eigenvalue weighted by atomic mass is 16.1. The van der Waals surface area contributed by atoms with Crippen molar-refractivity contribution < 1.29 is 4.79 Å². The maximum atomic E-state index is 12.0. The van der Waals surface area contributed by atoms with E-state index in [4.69, 9.17) is 5.73 Å². The van der Waals surface area contributed by atoms with Gasteiger partial charge in [0.1, 0.15) is 5.54 Å². The lowest BCUT2D eigenvalue weighted by Gasteiger charge is -2.35. The van der Waals surface area contributed by atoms with Crippen LogP contribution < -0.4 is 11.1 Å². The average Bonchev–Trinajstić information content (AvgIpc) is 2.77. The Morgan fingerprint density at radius 1 is 1.53 bits per heavy atom. The molecular formula is C15H31N3O. The largest absolute Gasteiger partial charge is 0.368 e. The smallest absolute Gasteiger partial charge is 0.238 e. The van der Waals surface area contributed by atoms with Crippen LogP contribution in [0.1, 0.15) is 52.9 Å². The summed E-state index contributed by atoms with van der Waals surface area (Å²) in [5, 5.41) is 3.45. The highest BCUT2D eigenvalue weighted by molar-refractivity contribution is 5.85. The molecule has 0 aromatic carbocycles. The van der Waals surface area contributed by atoms with Crippen molar-refractivity contribution in [3.63, 3.8) is 0 Å². The average molecular weight is 269 g/mol. The molecule has 4 nitrogen and oxygen atoms in total. The topological polar surface area (TPSA) is 58.4 Å². The number of hydrogen-bond acceptors (Lipinski definition) is 3. The molecule has 0 aromatic rings. The number of amides is 1. The molecule has 0 spiro atoms. The first-order valence-corrected chi connectivity index (χ1v) is 7.69. The summed E-state index contributed by atoms with van der Waals surface area (Å²) < 4.78 is 0. The SMILES string of the molecule is CCCNC1(C(N)=O)CCCC1CCN(C)C(C)C. The van der Waals surface area contributed by atoms with E-state index in [0.717, 1.165) is 45.2 Å². The molecule has 112 valence electrons. The second-order valence-electron chi connectivity index (χ2n) is 6.21. The van der Waals surface area contributed by atoms with Crippen LogP contribution >= 0.6 is 0 Å². The predicted octanol–water partition coefficient (Wildman–Crippen LogP) is 1.74. The van der Waals surface area contributed by atoms with Gasteiger partial charge in [-0.15, -0.1) is 0 Å². The van der Waals surface area contributed by atoms with E-state index in [2.05, 4.69) is 38.0 Å². The van der Waals surface area contributed by atoms with Gasteiger partial charge in [0.25, 0.3) is 0 Å². The van der Waals surface area contributed by atoms with Crippen LogP contribution in [0.2, 0.25) is 0 Å². The third-order valence-electron chi connectivity index (χ3n) is 4.66. The maximum Gasteiger partial charge on any atom is 0.238 e. The van der Waals surface area contributed by atoms with Gasteiger partial charge in [-0.1, -0.05) is 13.3 Å². The van der Waals surface area contributed by atoms with Crippen LogP contribution in [-0.2, 0) is 4.79 Å². The van der Waals surface area contributed by atoms with Crippen LogP contribution in [0.5, 0.6) is 0 Å². The Morgan fingerprint density at radius 2 is 2.21 bits per heavy atom. The molecule has 3 N–H and O–H groups in total. The minimum absolute atomic E-state index is 0.157. The normalized spacial score (nSPS) is 27.4. The van der Waals surface area contributed by atoms with Crippen LogP contribution in [0, 0.1) is 5.92 Å². The van der Waals surface area contributed by atoms with Crippen molar-refractivity contribution in [1.29, 1.82) is 0 Å². The Balaban J connectivity index is 2.65. The summed E-state index contributed by atoms with van der Waals surface area (Å²) in [5.41, 5.74) is 5.26. The molecule has 1 fully saturated rings. The molecule has 1 aliphatic carbocycles. The number of primary amides is 1. The summed E-state index contributed by atoms with van der Waals surface area (Å²) in [6.07, 6.45) is 5.21. The second-order valence-corrected chi connectivity index (χ2v) is 6.21. The summed E-state index contributed by atoms with van der Waals surface area (Å²) >= 11 is 0. The van der Waals surface area contributed by atoms with Crippen molar-refractivity contribution in [3.05, 3.63) is 0 Å². The van der Waals surface area contributed by atoms with E-state index in [0.29, 0.717) is 12.0 Å². The monoisotopic (exact) mass is 269 g/mol. The van der Waals surface area contributed by atoms with Crippen LogP contribution in [-0.4, -0.2) is 42.5 Å². The zero-order chi connectivity index (χ0) is 14.5. The first-order chi connectivity index (χ1) is 8.94. The van der Waals surface area contributed by atoms with Crippen molar-refractivity contribution in [2.45, 2.75) is 64.5 Å². The first kappa shape index (κ1) is 16.4. The van der Waals surface area contributed by atoms with Gasteiger partial charge in [-0.2, -0.15) is 0 Å². The van der Waals surface area contributed by atoms with Crippen molar-refractivity contribution in [3.8, 4) is 0 Å². The molecule has 1 amide bonds. The Bertz CT molecular complexity index is 293. The Morgan fingerprint density at radius 3 is 2.74 bits per heavy atom. The van der Waals surface area contributed by atoms with E-state index < -0.39 is 5.54 Å². The standard InChI is InChI=1S/C15H31N3O/c1-5-10-17-15(14(16)19)9-6-7-13(15)8-11-18(4)12(2)3/h12-13,17H,5-11H2,1-4H3,(H2,16,19). The van der Waals surface area contributed by atoms with Gasteiger partial charge in [-0.25, -0.2) is 0 Å². The quantitative estimate of drug-likeness (QED) is 0.705. The third-order valence-corrected chi connectivity index (χ3v) is 4.66. The lowest BCUT2D eigenvalue weighted by atomic mass is 9.83. The van der Waals surface area contributed by atoms with Crippen molar-refractivity contribution in [1.82, 2.24) is 10.2 Å². The number of carbonyl (C=O) groups is 1. The molecule has 2 unspecified atom stereocenters. The van der Waals surface area contributed by atoms with Crippen LogP contribution in [0.25, 0.3) is 0 Å². The van der Waals surface area contributed by atoms with Gasteiger partial charge in [0.15, 0.2) is 0 Å². The molecule has 4 heteroatoms. The van der Waals surface area contributed by atoms with Gasteiger partial charge in [0, 0.05) is 6.04 Å². The van der Waals surface area contributed by atoms with E-state index in [1.54, 1.807) is 0 Å². The second kappa shape index (κ2) is 7.25. The van der Waals surface area contributed by atoms with E-state index in [-0.39, 0.29) is 5.91 Å². The molecular weight excluding hydrogens is 238 g/mol. The van der Waals surface area contributed by atoms with E-state index in [1.807, 2.05) is 0 Å². The minimum Gasteiger partial charge on any atom is -0.368 e. The number of rotatable bonds is 8. The van der Waals surface area contributed by atoms with Gasteiger partial charge in [0.2, 0.25) is 5.91 Å². The third kappa shape index (κ3) is 3.93. The lowest BCUT2D eigenvalue weighted by molar-refractivity contribution is -0.126. The van der Waals surface area contributed by atoms with Gasteiger partial charge in [-0.05, 0) is 65.6 Å². The van der Waals surface area contributed by atoms with Crippen LogP contribution in [0.4, 0.5) is 0 Å². The van der Waals surface area contributed by atoms with Crippen molar-refractivity contribution in [2.24, 2.45) is 11.7 Å². The number of carbonyl (C=O) groups excluding carboxylic acids is 1. The summed E-state index contributed by atoms with van der Waals surface area (Å²) in [5.74, 6) is 0.230. The van der Waals surface area contributed by atoms with Crippen LogP contribution in [0.15, 0.2) is 0 Å². The molecule has 0 heterocycles. The first-order valence-electron chi connectivity index (χ1n) is 7.69. The fourth-order valence-electron chi connectivity index (χ4n) is 3.08. The van der Waals surface area contributed by atoms with Gasteiger partial charge in [-0.3, -0.25) is 4.79 Å². The fraction of sp³-hybridized carbons (Fsp3) is 0.933. The van der Waals surface area contributed by atoms with Gasteiger partial charge in [0.05, 0.1) is 0 Å². The molecule has 0 bridgehead atoms. The molecule has 2 atom stereocenters. The molecule has 19 heavy (non-hydrogen) atoms. The number of nitrogens with zero attached hydrogens (tertiary/aromatic N) is 1. The Labute approximate surface area is 118 Å². The molecule has 1 saturated carbocycles. The van der Waals surface area contributed by atoms with E-state index >= 15 is 0 Å². The lowest BCUT2D eigenvalue weighted by Crippen LogP contribution is -2.58. The molecule has 0 aliphatic heterocycles. The predicted molar refractivity (Wildman–Crippen MR) is 79.9 cm³/mol. The fourth-order valence-corrected chi connectivity index (χ4v) is 3.08. The van der Waals surface area contributed by atoms with Gasteiger partial charge >= 0.3 is 0 Å². The van der Waals surface area contributed by atoms with Crippen molar-refractivity contribution in [2.75, 3.05) is 20.1 Å². The Hall–Kier alpha value is -0.610. The van der Waals surface area contributed by atoms with Crippen molar-refractivity contribution >= 4 is 5.91 Å². The summed E-state index contributed by atoms with van der Waals surface area (Å²) in [4.78, 5) is 14.3.